The Balaban J connectivity index is 2.09. The lowest BCUT2D eigenvalue weighted by molar-refractivity contribution is -0.126. The second-order valence-electron chi connectivity index (χ2n) is 5.75. The minimum atomic E-state index is -0.270. The number of hydrogen-bond donors (Lipinski definition) is 0. The van der Waals surface area contributed by atoms with E-state index in [0.717, 1.165) is 36.8 Å². The summed E-state index contributed by atoms with van der Waals surface area (Å²) in [5.41, 5.74) is 1.39. The summed E-state index contributed by atoms with van der Waals surface area (Å²) in [6.45, 7) is 1.97. The molecule has 96 valence electrons. The molecule has 1 aromatic carbocycles. The van der Waals surface area contributed by atoms with Crippen molar-refractivity contribution in [1.82, 2.24) is 0 Å². The maximum absolute atomic E-state index is 14.2. The van der Waals surface area contributed by atoms with E-state index in [1.54, 1.807) is 6.07 Å². The van der Waals surface area contributed by atoms with Gasteiger partial charge in [-0.25, -0.2) is 4.39 Å². The zero-order chi connectivity index (χ0) is 12.9. The molecule has 0 bridgehead atoms. The van der Waals surface area contributed by atoms with E-state index < -0.39 is 0 Å². The quantitative estimate of drug-likeness (QED) is 0.692. The maximum Gasteiger partial charge on any atom is 0.136 e. The van der Waals surface area contributed by atoms with Crippen molar-refractivity contribution in [1.29, 1.82) is 0 Å². The van der Waals surface area contributed by atoms with E-state index >= 15 is 0 Å². The van der Waals surface area contributed by atoms with Crippen LogP contribution in [0.25, 0.3) is 0 Å². The molecule has 2 aliphatic rings. The fourth-order valence-corrected chi connectivity index (χ4v) is 3.83. The Bertz CT molecular complexity index is 525. The van der Waals surface area contributed by atoms with Crippen molar-refractivity contribution in [2.24, 2.45) is 5.92 Å². The molecule has 3 rings (SSSR count). The molecule has 1 aromatic rings. The molecule has 0 N–H and O–H groups in total. The van der Waals surface area contributed by atoms with Gasteiger partial charge in [0, 0.05) is 22.8 Å². The molecule has 2 atom stereocenters. The van der Waals surface area contributed by atoms with Gasteiger partial charge in [-0.1, -0.05) is 18.5 Å². The van der Waals surface area contributed by atoms with Crippen LogP contribution < -0.4 is 0 Å². The average molecular weight is 267 g/mol. The molecule has 3 heteroatoms. The lowest BCUT2D eigenvalue weighted by atomic mass is 9.67. The summed E-state index contributed by atoms with van der Waals surface area (Å²) >= 11 is 6.16. The van der Waals surface area contributed by atoms with Crippen molar-refractivity contribution >= 4 is 17.4 Å². The molecule has 0 aliphatic heterocycles. The number of halogens is 2. The third kappa shape index (κ3) is 1.62. The van der Waals surface area contributed by atoms with E-state index in [4.69, 9.17) is 11.6 Å². The normalized spacial score (nSPS) is 30.8. The number of benzene rings is 1. The second-order valence-corrected chi connectivity index (χ2v) is 6.15. The summed E-state index contributed by atoms with van der Waals surface area (Å²) in [5, 5.41) is 0.648. The van der Waals surface area contributed by atoms with Gasteiger partial charge < -0.3 is 0 Å². The first-order valence-corrected chi connectivity index (χ1v) is 6.91. The van der Waals surface area contributed by atoms with Gasteiger partial charge in [0.05, 0.1) is 0 Å². The second kappa shape index (κ2) is 4.06. The van der Waals surface area contributed by atoms with Crippen molar-refractivity contribution in [3.8, 4) is 0 Å². The third-order valence-corrected chi connectivity index (χ3v) is 5.06. The average Bonchev–Trinajstić information content (AvgIpc) is 2.70. The molecule has 0 radical (unpaired) electrons. The van der Waals surface area contributed by atoms with Crippen LogP contribution in [0.4, 0.5) is 4.39 Å². The standard InChI is InChI=1S/C15H16ClFO/c1-9-4-6-15(8-13(9)18)7-5-10-11(16)2-3-12(17)14(10)15/h2-3,9H,4-8H2,1H3. The van der Waals surface area contributed by atoms with Crippen LogP contribution in [0, 0.1) is 11.7 Å². The summed E-state index contributed by atoms with van der Waals surface area (Å²) in [6.07, 6.45) is 3.92. The maximum atomic E-state index is 14.2. The highest BCUT2D eigenvalue weighted by Crippen LogP contribution is 2.51. The molecule has 1 spiro atoms. The van der Waals surface area contributed by atoms with Crippen LogP contribution in [0.15, 0.2) is 12.1 Å². The lowest BCUT2D eigenvalue weighted by Crippen LogP contribution is -2.35. The predicted octanol–water partition coefficient (Wildman–Crippen LogP) is 4.05. The Morgan fingerprint density at radius 1 is 1.39 bits per heavy atom. The fourth-order valence-electron chi connectivity index (χ4n) is 3.58. The van der Waals surface area contributed by atoms with Gasteiger partial charge in [-0.05, 0) is 48.9 Å². The molecule has 1 saturated carbocycles. The van der Waals surface area contributed by atoms with E-state index in [-0.39, 0.29) is 22.9 Å². The number of carbonyl (C=O) groups excluding carboxylic acids is 1. The van der Waals surface area contributed by atoms with Gasteiger partial charge >= 0.3 is 0 Å². The van der Waals surface area contributed by atoms with Gasteiger partial charge in [0.15, 0.2) is 0 Å². The van der Waals surface area contributed by atoms with Crippen LogP contribution in [0.5, 0.6) is 0 Å². The highest BCUT2D eigenvalue weighted by atomic mass is 35.5. The SMILES string of the molecule is CC1CCC2(CCc3c(Cl)ccc(F)c32)CC1=O. The van der Waals surface area contributed by atoms with Crippen molar-refractivity contribution in [3.05, 3.63) is 34.1 Å². The Morgan fingerprint density at radius 3 is 2.89 bits per heavy atom. The van der Waals surface area contributed by atoms with Gasteiger partial charge in [0.2, 0.25) is 0 Å². The summed E-state index contributed by atoms with van der Waals surface area (Å²) in [6, 6.07) is 3.07. The number of Topliss-reactive ketones (excluding diaryl/α,β-unsaturated/α-hetero) is 1. The molecule has 18 heavy (non-hydrogen) atoms. The summed E-state index contributed by atoms with van der Waals surface area (Å²) in [7, 11) is 0. The Labute approximate surface area is 111 Å². The molecule has 0 heterocycles. The highest BCUT2D eigenvalue weighted by molar-refractivity contribution is 6.31. The van der Waals surface area contributed by atoms with Crippen LogP contribution in [0.3, 0.4) is 0 Å². The largest absolute Gasteiger partial charge is 0.299 e. The van der Waals surface area contributed by atoms with E-state index in [1.165, 1.54) is 6.07 Å². The van der Waals surface area contributed by atoms with Gasteiger partial charge in [-0.3, -0.25) is 4.79 Å². The number of ketones is 1. The van der Waals surface area contributed by atoms with Crippen molar-refractivity contribution in [2.75, 3.05) is 0 Å². The zero-order valence-corrected chi connectivity index (χ0v) is 11.2. The molecule has 0 aromatic heterocycles. The molecule has 0 amide bonds. The van der Waals surface area contributed by atoms with Gasteiger partial charge in [0.25, 0.3) is 0 Å². The van der Waals surface area contributed by atoms with E-state index in [2.05, 4.69) is 0 Å². The van der Waals surface area contributed by atoms with Crippen LogP contribution in [-0.2, 0) is 16.6 Å². The molecule has 1 nitrogen and oxygen atoms in total. The third-order valence-electron chi connectivity index (χ3n) is 4.71. The summed E-state index contributed by atoms with van der Waals surface area (Å²) < 4.78 is 14.2. The summed E-state index contributed by atoms with van der Waals surface area (Å²) in [5.74, 6) is 0.213. The summed E-state index contributed by atoms with van der Waals surface area (Å²) in [4.78, 5) is 12.0. The minimum absolute atomic E-state index is 0.127. The highest BCUT2D eigenvalue weighted by Gasteiger charge is 2.46. The number of hydrogen-bond acceptors (Lipinski definition) is 1. The molecular formula is C15H16ClFO. The monoisotopic (exact) mass is 266 g/mol. The topological polar surface area (TPSA) is 17.1 Å². The van der Waals surface area contributed by atoms with E-state index in [9.17, 15) is 9.18 Å². The number of fused-ring (bicyclic) bond motifs is 2. The molecule has 2 aliphatic carbocycles. The van der Waals surface area contributed by atoms with Crippen molar-refractivity contribution in [2.45, 2.75) is 44.4 Å². The smallest absolute Gasteiger partial charge is 0.136 e. The first-order valence-electron chi connectivity index (χ1n) is 6.53. The van der Waals surface area contributed by atoms with Crippen molar-refractivity contribution in [3.63, 3.8) is 0 Å². The van der Waals surface area contributed by atoms with E-state index in [0.29, 0.717) is 11.4 Å². The number of rotatable bonds is 0. The Morgan fingerprint density at radius 2 is 2.17 bits per heavy atom. The number of carbonyl (C=O) groups is 1. The Kier molecular flexibility index (Phi) is 2.74. The van der Waals surface area contributed by atoms with E-state index in [1.807, 2.05) is 6.92 Å². The van der Waals surface area contributed by atoms with Crippen molar-refractivity contribution < 1.29 is 9.18 Å². The zero-order valence-electron chi connectivity index (χ0n) is 10.4. The van der Waals surface area contributed by atoms with Crippen LogP contribution in [0.1, 0.15) is 43.7 Å². The first kappa shape index (κ1) is 12.2. The Hall–Kier alpha value is -0.890. The van der Waals surface area contributed by atoms with Crippen LogP contribution in [0.2, 0.25) is 5.02 Å². The molecular weight excluding hydrogens is 251 g/mol. The fraction of sp³-hybridized carbons (Fsp3) is 0.533. The van der Waals surface area contributed by atoms with Crippen LogP contribution >= 0.6 is 11.6 Å². The van der Waals surface area contributed by atoms with Gasteiger partial charge in [-0.2, -0.15) is 0 Å². The lowest BCUT2D eigenvalue weighted by Gasteiger charge is -2.36. The molecule has 2 unspecified atom stereocenters. The van der Waals surface area contributed by atoms with Gasteiger partial charge in [-0.15, -0.1) is 0 Å². The minimum Gasteiger partial charge on any atom is -0.299 e. The first-order chi connectivity index (χ1) is 8.53. The molecule has 1 fully saturated rings. The predicted molar refractivity (Wildman–Crippen MR) is 69.4 cm³/mol. The van der Waals surface area contributed by atoms with Gasteiger partial charge in [0.1, 0.15) is 11.6 Å². The molecule has 0 saturated heterocycles. The van der Waals surface area contributed by atoms with Crippen LogP contribution in [-0.4, -0.2) is 5.78 Å².